The zero-order valence-electron chi connectivity index (χ0n) is 23.2. The van der Waals surface area contributed by atoms with Gasteiger partial charge < -0.3 is 15.1 Å². The number of nitrogens with one attached hydrogen (secondary N) is 2. The van der Waals surface area contributed by atoms with Crippen molar-refractivity contribution in [2.24, 2.45) is 0 Å². The van der Waals surface area contributed by atoms with E-state index in [1.807, 2.05) is 31.2 Å². The van der Waals surface area contributed by atoms with Gasteiger partial charge in [-0.15, -0.1) is 0 Å². The van der Waals surface area contributed by atoms with Crippen molar-refractivity contribution in [1.82, 2.24) is 19.9 Å². The highest BCUT2D eigenvalue weighted by Crippen LogP contribution is 2.37. The molecule has 198 valence electrons. The van der Waals surface area contributed by atoms with Gasteiger partial charge >= 0.3 is 5.97 Å². The summed E-state index contributed by atoms with van der Waals surface area (Å²) in [6, 6.07) is 8.28. The fraction of sp³-hybridized carbons (Fsp3) is 0.242. The Morgan fingerprint density at radius 1 is 0.769 bits per heavy atom. The van der Waals surface area contributed by atoms with Crippen molar-refractivity contribution < 1.29 is 9.90 Å². The van der Waals surface area contributed by atoms with Crippen LogP contribution in [0.1, 0.15) is 85.1 Å². The van der Waals surface area contributed by atoms with Crippen molar-refractivity contribution in [3.63, 3.8) is 0 Å². The molecular weight excluding hydrogens is 484 g/mol. The Morgan fingerprint density at radius 3 is 1.79 bits per heavy atom. The minimum atomic E-state index is -0.826. The van der Waals surface area contributed by atoms with E-state index in [9.17, 15) is 9.90 Å². The predicted octanol–water partition coefficient (Wildman–Crippen LogP) is 8.35. The number of nitrogens with zero attached hydrogens (tertiary/aromatic N) is 2. The summed E-state index contributed by atoms with van der Waals surface area (Å²) < 4.78 is 0. The number of aliphatic carboxylic acids is 1. The van der Waals surface area contributed by atoms with Crippen LogP contribution in [0.3, 0.4) is 0 Å². The average molecular weight is 519 g/mol. The maximum absolute atomic E-state index is 11.5. The number of hydrogen-bond donors (Lipinski definition) is 3. The van der Waals surface area contributed by atoms with Gasteiger partial charge in [-0.2, -0.15) is 0 Å². The number of aryl methyl sites for hydroxylation is 2. The quantitative estimate of drug-likeness (QED) is 0.305. The average Bonchev–Trinajstić information content (AvgIpc) is 3.55. The fourth-order valence-corrected chi connectivity index (χ4v) is 5.67. The summed E-state index contributed by atoms with van der Waals surface area (Å²) >= 11 is 0. The molecule has 8 bridgehead atoms. The number of carbonyl (C=O) groups is 1. The number of aromatic amines is 2. The molecule has 2 aliphatic heterocycles. The Bertz CT molecular complexity index is 1790. The summed E-state index contributed by atoms with van der Waals surface area (Å²) in [6.07, 6.45) is 5.03. The van der Waals surface area contributed by atoms with E-state index in [2.05, 4.69) is 63.0 Å². The Labute approximate surface area is 228 Å². The molecule has 5 heterocycles. The van der Waals surface area contributed by atoms with Crippen molar-refractivity contribution in [2.75, 3.05) is 0 Å². The summed E-state index contributed by atoms with van der Waals surface area (Å²) in [5, 5.41) is 9.42. The van der Waals surface area contributed by atoms with Crippen LogP contribution in [-0.4, -0.2) is 31.0 Å². The Morgan fingerprint density at radius 2 is 1.26 bits per heavy atom. The van der Waals surface area contributed by atoms with E-state index in [0.29, 0.717) is 6.42 Å². The molecule has 0 fully saturated rings. The summed E-state index contributed by atoms with van der Waals surface area (Å²) in [5.41, 5.74) is 15.7. The molecule has 0 aliphatic carbocycles. The van der Waals surface area contributed by atoms with Crippen LogP contribution in [0, 0.1) is 13.8 Å². The first-order valence-electron chi connectivity index (χ1n) is 13.3. The summed E-state index contributed by atoms with van der Waals surface area (Å²) in [5.74, 6) is -0.826. The molecule has 0 unspecified atom stereocenters. The van der Waals surface area contributed by atoms with E-state index in [0.717, 1.165) is 95.8 Å². The lowest BCUT2D eigenvalue weighted by Crippen LogP contribution is -1.95. The zero-order valence-corrected chi connectivity index (χ0v) is 23.2. The van der Waals surface area contributed by atoms with Crippen molar-refractivity contribution in [1.29, 1.82) is 0 Å². The summed E-state index contributed by atoms with van der Waals surface area (Å²) in [7, 11) is 0. The summed E-state index contributed by atoms with van der Waals surface area (Å²) in [6.45, 7) is 18.6. The van der Waals surface area contributed by atoms with E-state index in [1.54, 1.807) is 0 Å². The molecule has 0 atom stereocenters. The van der Waals surface area contributed by atoms with Gasteiger partial charge in [0.05, 0.1) is 22.8 Å². The van der Waals surface area contributed by atoms with Gasteiger partial charge in [-0.1, -0.05) is 32.2 Å². The number of allylic oxidation sites excluding steroid dienone is 4. The number of H-pyrrole nitrogens is 2. The van der Waals surface area contributed by atoms with Crippen molar-refractivity contribution in [3.8, 4) is 0 Å². The van der Waals surface area contributed by atoms with Gasteiger partial charge in [-0.3, -0.25) is 4.79 Å². The van der Waals surface area contributed by atoms with Crippen LogP contribution in [0.5, 0.6) is 0 Å². The van der Waals surface area contributed by atoms with Crippen LogP contribution in [0.25, 0.3) is 56.5 Å². The lowest BCUT2D eigenvalue weighted by molar-refractivity contribution is -0.136. The van der Waals surface area contributed by atoms with Crippen LogP contribution in [-0.2, 0) is 4.79 Å². The second-order valence-corrected chi connectivity index (χ2v) is 10.2. The van der Waals surface area contributed by atoms with Gasteiger partial charge in [0.2, 0.25) is 0 Å². The molecule has 39 heavy (non-hydrogen) atoms. The molecule has 2 aliphatic rings. The monoisotopic (exact) mass is 518 g/mol. The van der Waals surface area contributed by atoms with Crippen molar-refractivity contribution in [2.45, 2.75) is 53.9 Å². The molecular formula is C33H34N4O2. The largest absolute Gasteiger partial charge is 0.481 e. The maximum Gasteiger partial charge on any atom is 0.303 e. The Hall–Kier alpha value is -4.45. The normalized spacial score (nSPS) is 13.3. The van der Waals surface area contributed by atoms with E-state index in [-0.39, 0.29) is 6.42 Å². The molecule has 6 nitrogen and oxygen atoms in total. The van der Waals surface area contributed by atoms with Gasteiger partial charge in [-0.05, 0) is 98.2 Å². The van der Waals surface area contributed by atoms with Gasteiger partial charge in [0, 0.05) is 39.6 Å². The van der Waals surface area contributed by atoms with Gasteiger partial charge in [0.25, 0.3) is 0 Å². The molecule has 6 heteroatoms. The minimum absolute atomic E-state index is 0.0415. The van der Waals surface area contributed by atoms with Gasteiger partial charge in [-0.25, -0.2) is 9.97 Å². The molecule has 0 amide bonds. The third-order valence-electron chi connectivity index (χ3n) is 7.98. The van der Waals surface area contributed by atoms with E-state index in [1.165, 1.54) is 0 Å². The van der Waals surface area contributed by atoms with Crippen LogP contribution in [0.2, 0.25) is 0 Å². The first kappa shape index (κ1) is 26.2. The third kappa shape index (κ3) is 4.46. The molecule has 3 aromatic rings. The number of rotatable bonds is 6. The van der Waals surface area contributed by atoms with E-state index in [4.69, 9.17) is 9.97 Å². The van der Waals surface area contributed by atoms with Crippen LogP contribution in [0.4, 0.5) is 0 Å². The van der Waals surface area contributed by atoms with Crippen LogP contribution >= 0.6 is 0 Å². The van der Waals surface area contributed by atoms with Crippen molar-refractivity contribution >= 4 is 62.5 Å². The number of hydrogen-bond acceptors (Lipinski definition) is 3. The number of fused-ring (bicyclic) bond motifs is 8. The van der Waals surface area contributed by atoms with E-state index < -0.39 is 5.97 Å². The molecule has 0 saturated heterocycles. The lowest BCUT2D eigenvalue weighted by atomic mass is 9.99. The molecule has 0 radical (unpaired) electrons. The van der Waals surface area contributed by atoms with Crippen LogP contribution in [0.15, 0.2) is 37.4 Å². The lowest BCUT2D eigenvalue weighted by Gasteiger charge is -2.04. The molecule has 5 rings (SSSR count). The Kier molecular flexibility index (Phi) is 6.73. The van der Waals surface area contributed by atoms with E-state index >= 15 is 0 Å². The third-order valence-corrected chi connectivity index (χ3v) is 7.98. The molecule has 3 N–H and O–H groups in total. The molecule has 0 spiro atoms. The smallest absolute Gasteiger partial charge is 0.303 e. The molecule has 0 saturated carbocycles. The number of carboxylic acids is 1. The maximum atomic E-state index is 11.5. The fourth-order valence-electron chi connectivity index (χ4n) is 5.67. The summed E-state index contributed by atoms with van der Waals surface area (Å²) in [4.78, 5) is 28.7. The first-order chi connectivity index (χ1) is 18.7. The zero-order chi connectivity index (χ0) is 28.0. The Balaban J connectivity index is 1.96. The number of aromatic nitrogens is 4. The SMILES string of the molecule is C=Cc1c(C)c2cc3[nH]c(cc4nc(cc5nc(cc1[nH]2)C(C)=C5CC)C(CCC(=O)O)=C4C)c(C)c3C=C. The highest BCUT2D eigenvalue weighted by Gasteiger charge is 2.21. The second kappa shape index (κ2) is 10.0. The van der Waals surface area contributed by atoms with Crippen LogP contribution < -0.4 is 0 Å². The molecule has 3 aromatic heterocycles. The standard InChI is InChI=1S/C33H34N4O2/c1-8-21-17(4)25-13-26-20(7)24(11-12-33(38)39)32(37-26)16-31-23(10-3)19(6)28(36-31)15-30-22(9-2)18(5)27(35-30)14-29(21)34-25/h8-9,13-16,34-35H,1-2,10-12H2,3-7H3,(H,38,39). The molecule has 0 aromatic carbocycles. The van der Waals surface area contributed by atoms with Gasteiger partial charge in [0.1, 0.15) is 0 Å². The predicted molar refractivity (Wildman–Crippen MR) is 163 cm³/mol. The van der Waals surface area contributed by atoms with Gasteiger partial charge in [0.15, 0.2) is 0 Å². The highest BCUT2D eigenvalue weighted by atomic mass is 16.4. The minimum Gasteiger partial charge on any atom is -0.481 e. The van der Waals surface area contributed by atoms with Crippen molar-refractivity contribution in [3.05, 3.63) is 82.5 Å². The highest BCUT2D eigenvalue weighted by molar-refractivity contribution is 5.96. The second-order valence-electron chi connectivity index (χ2n) is 10.2. The topological polar surface area (TPSA) is 94.7 Å². The number of carboxylic acid groups (broad SMARTS) is 1. The first-order valence-corrected chi connectivity index (χ1v) is 13.3.